The maximum Gasteiger partial charge on any atom is 0.137 e. The van der Waals surface area contributed by atoms with Gasteiger partial charge in [-0.3, -0.25) is 0 Å². The molecule has 0 saturated heterocycles. The Hall–Kier alpha value is -6.38. The third-order valence-electron chi connectivity index (χ3n) is 11.2. The van der Waals surface area contributed by atoms with E-state index in [0.717, 1.165) is 55.7 Å². The molecule has 56 heavy (non-hydrogen) atoms. The van der Waals surface area contributed by atoms with Gasteiger partial charge in [0.25, 0.3) is 0 Å². The van der Waals surface area contributed by atoms with E-state index in [9.17, 15) is 0 Å². The van der Waals surface area contributed by atoms with E-state index in [-0.39, 0.29) is 10.8 Å². The van der Waals surface area contributed by atoms with Crippen molar-refractivity contribution < 1.29 is 4.42 Å². The Labute approximate surface area is 330 Å². The zero-order valence-corrected chi connectivity index (χ0v) is 33.1. The van der Waals surface area contributed by atoms with Crippen molar-refractivity contribution in [3.05, 3.63) is 187 Å². The van der Waals surface area contributed by atoms with Gasteiger partial charge >= 0.3 is 0 Å². The Balaban J connectivity index is 1.32. The van der Waals surface area contributed by atoms with Gasteiger partial charge in [0.1, 0.15) is 11.2 Å². The number of nitrogens with zero attached hydrogens (tertiary/aromatic N) is 1. The molecular weight excluding hydrogens is 679 g/mol. The maximum atomic E-state index is 6.51. The van der Waals surface area contributed by atoms with Crippen LogP contribution in [0.4, 0.5) is 17.1 Å². The first-order valence-corrected chi connectivity index (χ1v) is 19.7. The minimum atomic E-state index is 0.00358. The fraction of sp³-hybridized carbons (Fsp3) is 0.148. The van der Waals surface area contributed by atoms with Crippen LogP contribution in [-0.4, -0.2) is 0 Å². The molecule has 0 aliphatic carbocycles. The van der Waals surface area contributed by atoms with Crippen molar-refractivity contribution in [2.24, 2.45) is 0 Å². The van der Waals surface area contributed by atoms with Gasteiger partial charge in [0.2, 0.25) is 0 Å². The monoisotopic (exact) mass is 725 g/mol. The molecule has 2 heteroatoms. The quantitative estimate of drug-likeness (QED) is 0.170. The summed E-state index contributed by atoms with van der Waals surface area (Å²) < 4.78 is 6.51. The molecule has 0 aliphatic rings. The van der Waals surface area contributed by atoms with Crippen LogP contribution in [0.2, 0.25) is 0 Å². The van der Waals surface area contributed by atoms with Crippen LogP contribution in [0.5, 0.6) is 0 Å². The molecule has 2 nitrogen and oxygen atoms in total. The molecule has 8 aromatic carbocycles. The smallest absolute Gasteiger partial charge is 0.137 e. The first-order valence-electron chi connectivity index (χ1n) is 19.7. The second-order valence-corrected chi connectivity index (χ2v) is 17.0. The average molecular weight is 726 g/mol. The van der Waals surface area contributed by atoms with E-state index in [2.05, 4.69) is 210 Å². The second-order valence-electron chi connectivity index (χ2n) is 17.0. The van der Waals surface area contributed by atoms with Crippen LogP contribution < -0.4 is 4.90 Å². The van der Waals surface area contributed by atoms with Gasteiger partial charge in [-0.2, -0.15) is 0 Å². The lowest BCUT2D eigenvalue weighted by molar-refractivity contribution is 0.569. The van der Waals surface area contributed by atoms with Crippen LogP contribution >= 0.6 is 0 Å². The lowest BCUT2D eigenvalue weighted by atomic mass is 9.78. The summed E-state index contributed by atoms with van der Waals surface area (Å²) in [4.78, 5) is 2.42. The van der Waals surface area contributed by atoms with Gasteiger partial charge in [0.05, 0.1) is 11.4 Å². The number of anilines is 3. The van der Waals surface area contributed by atoms with Gasteiger partial charge < -0.3 is 9.32 Å². The summed E-state index contributed by atoms with van der Waals surface area (Å²) in [5.74, 6) is 0. The van der Waals surface area contributed by atoms with Crippen molar-refractivity contribution in [2.45, 2.75) is 52.4 Å². The molecule has 0 bridgehead atoms. The summed E-state index contributed by atoms with van der Waals surface area (Å²) >= 11 is 0. The third-order valence-corrected chi connectivity index (χ3v) is 11.2. The van der Waals surface area contributed by atoms with Crippen LogP contribution in [0.15, 0.2) is 180 Å². The molecule has 0 atom stereocenters. The van der Waals surface area contributed by atoms with E-state index in [1.807, 2.05) is 12.1 Å². The van der Waals surface area contributed by atoms with Gasteiger partial charge in [-0.05, 0) is 85.3 Å². The summed E-state index contributed by atoms with van der Waals surface area (Å²) in [6.07, 6.45) is 0. The normalized spacial score (nSPS) is 12.1. The zero-order valence-electron chi connectivity index (χ0n) is 33.1. The fourth-order valence-corrected chi connectivity index (χ4v) is 8.14. The molecule has 0 N–H and O–H groups in total. The highest BCUT2D eigenvalue weighted by molar-refractivity contribution is 6.10. The summed E-state index contributed by atoms with van der Waals surface area (Å²) in [7, 11) is 0. The van der Waals surface area contributed by atoms with E-state index in [1.165, 1.54) is 38.6 Å². The van der Waals surface area contributed by atoms with Gasteiger partial charge in [-0.15, -0.1) is 0 Å². The van der Waals surface area contributed by atoms with Gasteiger partial charge in [-0.1, -0.05) is 181 Å². The van der Waals surface area contributed by atoms with E-state index in [4.69, 9.17) is 4.42 Å². The Morgan fingerprint density at radius 2 is 0.946 bits per heavy atom. The number of para-hydroxylation sites is 3. The Bertz CT molecular complexity index is 2840. The molecule has 0 fully saturated rings. The fourth-order valence-electron chi connectivity index (χ4n) is 8.14. The van der Waals surface area contributed by atoms with Gasteiger partial charge in [0.15, 0.2) is 0 Å². The maximum absolute atomic E-state index is 6.51. The van der Waals surface area contributed by atoms with Crippen molar-refractivity contribution in [3.8, 4) is 33.4 Å². The van der Waals surface area contributed by atoms with Gasteiger partial charge in [-0.25, -0.2) is 0 Å². The van der Waals surface area contributed by atoms with E-state index in [1.54, 1.807) is 0 Å². The molecule has 0 spiro atoms. The third kappa shape index (κ3) is 6.35. The number of fused-ring (bicyclic) bond motifs is 4. The Morgan fingerprint density at radius 1 is 0.393 bits per heavy atom. The minimum Gasteiger partial charge on any atom is -0.456 e. The lowest BCUT2D eigenvalue weighted by Crippen LogP contribution is -2.16. The van der Waals surface area contributed by atoms with E-state index in [0.29, 0.717) is 0 Å². The summed E-state index contributed by atoms with van der Waals surface area (Å²) in [5, 5.41) is 4.70. The SMILES string of the molecule is CC(C)(C)c1cc(-c2cccc3cccc(-c4ccccc4N(c4ccc5c(c4)oc4ccccc45)c4ccccc4-c4ccccc4)c23)cc(C(C)(C)C)c1. The van der Waals surface area contributed by atoms with E-state index < -0.39 is 0 Å². The molecule has 0 unspecified atom stereocenters. The Morgan fingerprint density at radius 3 is 1.64 bits per heavy atom. The molecule has 1 heterocycles. The first-order chi connectivity index (χ1) is 27.0. The molecule has 0 radical (unpaired) electrons. The highest BCUT2D eigenvalue weighted by atomic mass is 16.3. The van der Waals surface area contributed by atoms with Crippen LogP contribution in [-0.2, 0) is 10.8 Å². The molecule has 0 amide bonds. The van der Waals surface area contributed by atoms with Gasteiger partial charge in [0, 0.05) is 33.7 Å². The number of hydrogen-bond donors (Lipinski definition) is 0. The highest BCUT2D eigenvalue weighted by Gasteiger charge is 2.25. The summed E-state index contributed by atoms with van der Waals surface area (Å²) in [6, 6.07) is 64.0. The lowest BCUT2D eigenvalue weighted by Gasteiger charge is -2.30. The summed E-state index contributed by atoms with van der Waals surface area (Å²) in [5.41, 5.74) is 14.8. The minimum absolute atomic E-state index is 0.00358. The van der Waals surface area contributed by atoms with Crippen molar-refractivity contribution in [1.82, 2.24) is 0 Å². The molecule has 0 saturated carbocycles. The topological polar surface area (TPSA) is 16.4 Å². The van der Waals surface area contributed by atoms with Crippen molar-refractivity contribution >= 4 is 49.8 Å². The van der Waals surface area contributed by atoms with Crippen LogP contribution in [0.3, 0.4) is 0 Å². The number of benzene rings is 8. The highest BCUT2D eigenvalue weighted by Crippen LogP contribution is 2.48. The average Bonchev–Trinajstić information content (AvgIpc) is 3.58. The molecule has 9 rings (SSSR count). The zero-order chi connectivity index (χ0) is 38.6. The number of hydrogen-bond acceptors (Lipinski definition) is 2. The van der Waals surface area contributed by atoms with Crippen molar-refractivity contribution in [1.29, 1.82) is 0 Å². The molecule has 274 valence electrons. The molecule has 9 aromatic rings. The standard InChI is InChI=1S/C54H47NO/c1-53(2,3)39-32-38(33-40(34-39)54(4,5)6)43-25-16-20-37-21-17-26-47(52(37)43)44-23-11-14-28-49(44)55(48-27-13-10-22-42(48)36-18-8-7-9-19-36)41-30-31-46-45-24-12-15-29-50(45)56-51(46)35-41/h7-35H,1-6H3. The largest absolute Gasteiger partial charge is 0.456 e. The Kier molecular flexibility index (Phi) is 8.66. The predicted molar refractivity (Wildman–Crippen MR) is 240 cm³/mol. The second kappa shape index (κ2) is 13.7. The van der Waals surface area contributed by atoms with Crippen molar-refractivity contribution in [2.75, 3.05) is 4.90 Å². The van der Waals surface area contributed by atoms with Crippen LogP contribution in [0.25, 0.3) is 66.1 Å². The van der Waals surface area contributed by atoms with E-state index >= 15 is 0 Å². The molecular formula is C54H47NO. The predicted octanol–water partition coefficient (Wildman–Crippen LogP) is 15.8. The first kappa shape index (κ1) is 35.3. The van der Waals surface area contributed by atoms with Crippen LogP contribution in [0.1, 0.15) is 52.7 Å². The number of furan rings is 1. The van der Waals surface area contributed by atoms with Crippen molar-refractivity contribution in [3.63, 3.8) is 0 Å². The summed E-state index contributed by atoms with van der Waals surface area (Å²) in [6.45, 7) is 13.9. The molecule has 1 aromatic heterocycles. The number of rotatable bonds is 6. The van der Waals surface area contributed by atoms with Crippen LogP contribution in [0, 0.1) is 0 Å². The molecule has 0 aliphatic heterocycles.